The lowest BCUT2D eigenvalue weighted by Crippen LogP contribution is -2.21. The van der Waals surface area contributed by atoms with E-state index < -0.39 is 5.60 Å². The molecule has 1 aliphatic heterocycles. The highest BCUT2D eigenvalue weighted by molar-refractivity contribution is 6.24. The maximum Gasteiger partial charge on any atom is 0.224 e. The van der Waals surface area contributed by atoms with Crippen LogP contribution >= 0.6 is 0 Å². The fraction of sp³-hybridized carbons (Fsp3) is 0.300. The molecule has 0 radical (unpaired) electrons. The lowest BCUT2D eigenvalue weighted by molar-refractivity contribution is 0.0981. The number of rotatable bonds is 1. The molecule has 0 aromatic rings. The molecule has 1 rings (SSSR count). The zero-order valence-electron chi connectivity index (χ0n) is 9.46. The average Bonchev–Trinajstić information content (AvgIpc) is 2.50. The minimum Gasteiger partial charge on any atom is -0.495 e. The molecule has 0 amide bonds. The summed E-state index contributed by atoms with van der Waals surface area (Å²) in [7, 11) is -0.0850. The maximum absolute atomic E-state index is 8.75. The van der Waals surface area contributed by atoms with Gasteiger partial charge >= 0.3 is 0 Å². The third kappa shape index (κ3) is 1.58. The summed E-state index contributed by atoms with van der Waals surface area (Å²) in [5, 5.41) is 17.5. The van der Waals surface area contributed by atoms with Gasteiger partial charge in [-0.1, -0.05) is 5.47 Å². The Morgan fingerprint density at radius 2 is 2.20 bits per heavy atom. The number of ether oxygens (including phenoxy) is 1. The van der Waals surface area contributed by atoms with Crippen LogP contribution in [0, 0.1) is 29.2 Å². The third-order valence-electron chi connectivity index (χ3n) is 2.15. The fourth-order valence-corrected chi connectivity index (χ4v) is 1.20. The van der Waals surface area contributed by atoms with Crippen LogP contribution in [-0.4, -0.2) is 14.7 Å². The van der Waals surface area contributed by atoms with Gasteiger partial charge in [0.15, 0.2) is 11.3 Å². The molecule has 0 atom stereocenters. The molecule has 15 heavy (non-hydrogen) atoms. The van der Waals surface area contributed by atoms with E-state index in [1.165, 1.54) is 0 Å². The minimum absolute atomic E-state index is 0.00671. The van der Waals surface area contributed by atoms with Crippen molar-refractivity contribution < 1.29 is 4.74 Å². The van der Waals surface area contributed by atoms with Gasteiger partial charge in [0.25, 0.3) is 0 Å². The Kier molecular flexibility index (Phi) is 2.20. The molecule has 1 aliphatic rings. The Morgan fingerprint density at radius 1 is 1.60 bits per heavy atom. The van der Waals surface area contributed by atoms with Crippen LogP contribution < -0.4 is 0 Å². The number of allylic oxidation sites excluding steroid dienone is 1. The highest BCUT2D eigenvalue weighted by Gasteiger charge is 2.36. The van der Waals surface area contributed by atoms with Gasteiger partial charge in [0, 0.05) is 0 Å². The third-order valence-corrected chi connectivity index (χ3v) is 2.15. The molecule has 5 heteroatoms. The Bertz CT molecular complexity index is 498. The minimum atomic E-state index is -0.796. The molecule has 0 aliphatic carbocycles. The van der Waals surface area contributed by atoms with Crippen molar-refractivity contribution in [2.45, 2.75) is 19.4 Å². The Balaban J connectivity index is 3.51. The molecule has 0 aromatic carbocycles. The van der Waals surface area contributed by atoms with Crippen LogP contribution in [-0.2, 0) is 4.74 Å². The van der Waals surface area contributed by atoms with Crippen molar-refractivity contribution in [3.8, 4) is 12.1 Å². The standard InChI is InChI=1S/C10H8BN3O/c1-10(2)9(11)7(14-3)8(15-10)6(4-12)5-13/h11H2,1-2H3/i11D. The summed E-state index contributed by atoms with van der Waals surface area (Å²) in [4.78, 5) is 3.26. The highest BCUT2D eigenvalue weighted by Crippen LogP contribution is 2.38. The summed E-state index contributed by atoms with van der Waals surface area (Å²) in [6, 6.07) is 3.39. The number of hydrogen-bond acceptors (Lipinski definition) is 3. The van der Waals surface area contributed by atoms with Crippen LogP contribution in [0.15, 0.2) is 22.5 Å². The SMILES string of the molecule is [2H]BC1=C([N+]#[C-])C(=C(C#N)C#N)OC1(C)C. The highest BCUT2D eigenvalue weighted by atomic mass is 16.5. The summed E-state index contributed by atoms with van der Waals surface area (Å²) in [6.45, 7) is 10.5. The molecule has 1 heterocycles. The second-order valence-electron chi connectivity index (χ2n) is 3.48. The first-order chi connectivity index (χ1) is 7.51. The Labute approximate surface area is 90.6 Å². The molecule has 0 bridgehead atoms. The quantitative estimate of drug-likeness (QED) is 0.356. The smallest absolute Gasteiger partial charge is 0.224 e. The van der Waals surface area contributed by atoms with Gasteiger partial charge in [0.2, 0.25) is 5.70 Å². The maximum atomic E-state index is 8.75. The molecule has 4 nitrogen and oxygen atoms in total. The van der Waals surface area contributed by atoms with E-state index in [1.54, 1.807) is 26.0 Å². The van der Waals surface area contributed by atoms with Gasteiger partial charge in [0.1, 0.15) is 25.5 Å². The summed E-state index contributed by atoms with van der Waals surface area (Å²) in [5.41, 5.74) is -0.392. The summed E-state index contributed by atoms with van der Waals surface area (Å²) < 4.78 is 12.8. The van der Waals surface area contributed by atoms with Gasteiger partial charge < -0.3 is 4.74 Å². The lowest BCUT2D eigenvalue weighted by atomic mass is 9.82. The van der Waals surface area contributed by atoms with Crippen LogP contribution in [0.4, 0.5) is 0 Å². The van der Waals surface area contributed by atoms with Crippen molar-refractivity contribution in [2.75, 3.05) is 0 Å². The van der Waals surface area contributed by atoms with Crippen molar-refractivity contribution in [3.05, 3.63) is 33.9 Å². The first-order valence-electron chi connectivity index (χ1n) is 4.86. The van der Waals surface area contributed by atoms with Crippen molar-refractivity contribution in [1.82, 2.24) is 0 Å². The van der Waals surface area contributed by atoms with E-state index in [9.17, 15) is 0 Å². The monoisotopic (exact) mass is 198 g/mol. The molecule has 0 N–H and O–H groups in total. The normalized spacial score (nSPS) is 18.1. The van der Waals surface area contributed by atoms with E-state index in [-0.39, 0.29) is 24.8 Å². The van der Waals surface area contributed by atoms with Gasteiger partial charge in [-0.15, -0.1) is 0 Å². The lowest BCUT2D eigenvalue weighted by Gasteiger charge is -2.21. The molecule has 0 fully saturated rings. The predicted molar refractivity (Wildman–Crippen MR) is 55.6 cm³/mol. The average molecular weight is 198 g/mol. The van der Waals surface area contributed by atoms with E-state index in [0.29, 0.717) is 5.47 Å². The van der Waals surface area contributed by atoms with Crippen LogP contribution in [0.2, 0.25) is 0 Å². The number of nitrogens with zero attached hydrogens (tertiary/aromatic N) is 3. The first kappa shape index (κ1) is 9.37. The zero-order chi connectivity index (χ0) is 12.3. The van der Waals surface area contributed by atoms with Crippen molar-refractivity contribution in [1.29, 1.82) is 11.9 Å². The Hall–Kier alpha value is -2.19. The number of nitriles is 2. The van der Waals surface area contributed by atoms with Crippen molar-refractivity contribution >= 4 is 7.81 Å². The summed E-state index contributed by atoms with van der Waals surface area (Å²) >= 11 is 0. The van der Waals surface area contributed by atoms with Crippen LogP contribution in [0.1, 0.15) is 13.8 Å². The van der Waals surface area contributed by atoms with E-state index in [0.717, 1.165) is 0 Å². The zero-order valence-corrected chi connectivity index (χ0v) is 8.46. The van der Waals surface area contributed by atoms with Crippen LogP contribution in [0.3, 0.4) is 0 Å². The van der Waals surface area contributed by atoms with E-state index in [2.05, 4.69) is 4.85 Å². The Morgan fingerprint density at radius 3 is 2.60 bits per heavy atom. The van der Waals surface area contributed by atoms with Crippen LogP contribution in [0.25, 0.3) is 4.85 Å². The van der Waals surface area contributed by atoms with Crippen LogP contribution in [0.5, 0.6) is 0 Å². The summed E-state index contributed by atoms with van der Waals surface area (Å²) in [6.07, 6.45) is 0. The second kappa shape index (κ2) is 3.52. The number of hydrogen-bond donors (Lipinski definition) is 0. The van der Waals surface area contributed by atoms with E-state index >= 15 is 0 Å². The van der Waals surface area contributed by atoms with Gasteiger partial charge in [-0.2, -0.15) is 10.5 Å². The molecule has 0 saturated heterocycles. The van der Waals surface area contributed by atoms with Crippen molar-refractivity contribution in [3.63, 3.8) is 0 Å². The van der Waals surface area contributed by atoms with Gasteiger partial charge in [0.05, 0.1) is 6.57 Å². The van der Waals surface area contributed by atoms with Gasteiger partial charge in [-0.25, -0.2) is 4.85 Å². The molecule has 0 spiro atoms. The fourth-order valence-electron chi connectivity index (χ4n) is 1.20. The van der Waals surface area contributed by atoms with Crippen molar-refractivity contribution in [2.24, 2.45) is 0 Å². The first-order valence-corrected chi connectivity index (χ1v) is 4.16. The molecular formula is C10H8BN3O. The summed E-state index contributed by atoms with van der Waals surface area (Å²) in [5.74, 6) is 0.00671. The molecular weight excluding hydrogens is 189 g/mol. The van der Waals surface area contributed by atoms with Gasteiger partial charge in [-0.05, 0) is 15.2 Å². The topological polar surface area (TPSA) is 61.2 Å². The molecule has 0 unspecified atom stereocenters. The second-order valence-corrected chi connectivity index (χ2v) is 3.48. The van der Waals surface area contributed by atoms with Gasteiger partial charge in [-0.3, -0.25) is 0 Å². The van der Waals surface area contributed by atoms with E-state index in [1.807, 2.05) is 0 Å². The molecule has 0 saturated carbocycles. The van der Waals surface area contributed by atoms with E-state index in [4.69, 9.17) is 23.2 Å². The largest absolute Gasteiger partial charge is 0.495 e. The predicted octanol–water partition coefficient (Wildman–Crippen LogP) is 0.860. The molecule has 72 valence electrons. The molecule has 0 aromatic heterocycles.